The van der Waals surface area contributed by atoms with Crippen molar-refractivity contribution in [2.24, 2.45) is 0 Å². The fourth-order valence-electron chi connectivity index (χ4n) is 2.38. The molecule has 1 N–H and O–H groups in total. The second-order valence-electron chi connectivity index (χ2n) is 4.56. The van der Waals surface area contributed by atoms with E-state index in [1.165, 1.54) is 19.4 Å². The van der Waals surface area contributed by atoms with Crippen molar-refractivity contribution in [2.45, 2.75) is 39.3 Å². The van der Waals surface area contributed by atoms with E-state index in [9.17, 15) is 0 Å². The fraction of sp³-hybridized carbons (Fsp3) is 0.750. The van der Waals surface area contributed by atoms with E-state index in [4.69, 9.17) is 4.52 Å². The molecule has 90 valence electrons. The van der Waals surface area contributed by atoms with Crippen molar-refractivity contribution in [1.82, 2.24) is 15.4 Å². The zero-order valence-corrected chi connectivity index (χ0v) is 10.2. The van der Waals surface area contributed by atoms with Gasteiger partial charge in [-0.2, -0.15) is 0 Å². The molecule has 1 fully saturated rings. The highest BCUT2D eigenvalue weighted by Crippen LogP contribution is 2.13. The van der Waals surface area contributed by atoms with E-state index < -0.39 is 0 Å². The first-order valence-electron chi connectivity index (χ1n) is 6.16. The third kappa shape index (κ3) is 3.06. The molecule has 2 rings (SSSR count). The number of likely N-dealkylation sites (N-methyl/N-ethyl adjacent to an activating group) is 1. The average molecular weight is 223 g/mol. The topological polar surface area (TPSA) is 41.3 Å². The molecule has 1 aliphatic heterocycles. The summed E-state index contributed by atoms with van der Waals surface area (Å²) in [5.41, 5.74) is 1.05. The van der Waals surface area contributed by atoms with E-state index in [0.717, 1.165) is 31.1 Å². The number of hydrogen-bond acceptors (Lipinski definition) is 4. The molecule has 0 spiro atoms. The Morgan fingerprint density at radius 3 is 3.19 bits per heavy atom. The van der Waals surface area contributed by atoms with Crippen LogP contribution in [0.1, 0.15) is 31.2 Å². The minimum atomic E-state index is 0.645. The Labute approximate surface area is 97.0 Å². The van der Waals surface area contributed by atoms with Gasteiger partial charge in [-0.1, -0.05) is 12.1 Å². The van der Waals surface area contributed by atoms with Crippen molar-refractivity contribution < 1.29 is 4.52 Å². The molecule has 0 amide bonds. The van der Waals surface area contributed by atoms with Crippen molar-refractivity contribution in [1.29, 1.82) is 0 Å². The molecule has 1 unspecified atom stereocenters. The summed E-state index contributed by atoms with van der Waals surface area (Å²) in [4.78, 5) is 2.45. The van der Waals surface area contributed by atoms with Crippen LogP contribution in [0.5, 0.6) is 0 Å². The highest BCUT2D eigenvalue weighted by Gasteiger charge is 2.19. The van der Waals surface area contributed by atoms with Crippen molar-refractivity contribution in [3.63, 3.8) is 0 Å². The minimum absolute atomic E-state index is 0.645. The van der Waals surface area contributed by atoms with Gasteiger partial charge in [-0.25, -0.2) is 0 Å². The second-order valence-corrected chi connectivity index (χ2v) is 4.56. The van der Waals surface area contributed by atoms with Gasteiger partial charge in [0.2, 0.25) is 0 Å². The summed E-state index contributed by atoms with van der Waals surface area (Å²) in [6.45, 7) is 8.38. The molecular weight excluding hydrogens is 202 g/mol. The highest BCUT2D eigenvalue weighted by molar-refractivity contribution is 5.03. The van der Waals surface area contributed by atoms with Gasteiger partial charge in [0.1, 0.15) is 5.76 Å². The first-order chi connectivity index (χ1) is 7.78. The summed E-state index contributed by atoms with van der Waals surface area (Å²) < 4.78 is 5.09. The first-order valence-corrected chi connectivity index (χ1v) is 6.16. The summed E-state index contributed by atoms with van der Waals surface area (Å²) in [7, 11) is 0. The lowest BCUT2D eigenvalue weighted by molar-refractivity contribution is 0.180. The molecule has 4 nitrogen and oxygen atoms in total. The van der Waals surface area contributed by atoms with E-state index in [0.29, 0.717) is 6.04 Å². The van der Waals surface area contributed by atoms with Crippen LogP contribution in [0, 0.1) is 6.92 Å². The quantitative estimate of drug-likeness (QED) is 0.841. The zero-order chi connectivity index (χ0) is 11.4. The Balaban J connectivity index is 1.85. The van der Waals surface area contributed by atoms with Crippen LogP contribution < -0.4 is 5.32 Å². The molecule has 2 heterocycles. The van der Waals surface area contributed by atoms with Crippen LogP contribution in [0.2, 0.25) is 0 Å². The van der Waals surface area contributed by atoms with Gasteiger partial charge in [-0.3, -0.25) is 4.90 Å². The van der Waals surface area contributed by atoms with Gasteiger partial charge in [0, 0.05) is 25.2 Å². The van der Waals surface area contributed by atoms with E-state index in [-0.39, 0.29) is 0 Å². The Kier molecular flexibility index (Phi) is 3.96. The lowest BCUT2D eigenvalue weighted by Crippen LogP contribution is -2.45. The zero-order valence-electron chi connectivity index (χ0n) is 10.2. The smallest absolute Gasteiger partial charge is 0.133 e. The van der Waals surface area contributed by atoms with Gasteiger partial charge in [0.05, 0.1) is 5.69 Å². The molecule has 0 radical (unpaired) electrons. The number of aryl methyl sites for hydroxylation is 1. The number of rotatable bonds is 4. The van der Waals surface area contributed by atoms with Crippen molar-refractivity contribution in [2.75, 3.05) is 19.6 Å². The molecule has 4 heteroatoms. The van der Waals surface area contributed by atoms with Crippen molar-refractivity contribution in [3.05, 3.63) is 17.5 Å². The van der Waals surface area contributed by atoms with E-state index in [1.807, 2.05) is 13.0 Å². The third-order valence-corrected chi connectivity index (χ3v) is 3.06. The number of piperidine rings is 1. The van der Waals surface area contributed by atoms with Crippen LogP contribution in [-0.4, -0.2) is 35.7 Å². The maximum atomic E-state index is 5.09. The van der Waals surface area contributed by atoms with E-state index in [1.54, 1.807) is 0 Å². The molecular formula is C12H21N3O. The Hall–Kier alpha value is -0.870. The standard InChI is InChI=1S/C12H21N3O/c1-3-13-11-5-4-6-15(8-11)9-12-7-10(2)16-14-12/h7,11,13H,3-6,8-9H2,1-2H3. The van der Waals surface area contributed by atoms with Gasteiger partial charge >= 0.3 is 0 Å². The van der Waals surface area contributed by atoms with Crippen LogP contribution in [0.25, 0.3) is 0 Å². The lowest BCUT2D eigenvalue weighted by Gasteiger charge is -2.32. The van der Waals surface area contributed by atoms with Crippen LogP contribution in [0.4, 0.5) is 0 Å². The number of nitrogens with zero attached hydrogens (tertiary/aromatic N) is 2. The summed E-state index contributed by atoms with van der Waals surface area (Å²) in [5, 5.41) is 7.56. The van der Waals surface area contributed by atoms with Crippen LogP contribution in [0.3, 0.4) is 0 Å². The Morgan fingerprint density at radius 2 is 2.50 bits per heavy atom. The van der Waals surface area contributed by atoms with Crippen LogP contribution >= 0.6 is 0 Å². The van der Waals surface area contributed by atoms with Gasteiger partial charge in [0.25, 0.3) is 0 Å². The normalized spacial score (nSPS) is 22.5. The molecule has 1 aromatic rings. The lowest BCUT2D eigenvalue weighted by atomic mass is 10.1. The molecule has 1 aromatic heterocycles. The van der Waals surface area contributed by atoms with Gasteiger partial charge < -0.3 is 9.84 Å². The number of nitrogens with one attached hydrogen (secondary N) is 1. The molecule has 16 heavy (non-hydrogen) atoms. The predicted octanol–water partition coefficient (Wildman–Crippen LogP) is 1.56. The molecule has 1 aliphatic rings. The largest absolute Gasteiger partial charge is 0.361 e. The maximum absolute atomic E-state index is 5.09. The minimum Gasteiger partial charge on any atom is -0.361 e. The molecule has 0 bridgehead atoms. The van der Waals surface area contributed by atoms with Gasteiger partial charge in [-0.05, 0) is 32.9 Å². The maximum Gasteiger partial charge on any atom is 0.133 e. The first kappa shape index (κ1) is 11.6. The van der Waals surface area contributed by atoms with Crippen molar-refractivity contribution >= 4 is 0 Å². The van der Waals surface area contributed by atoms with E-state index >= 15 is 0 Å². The number of likely N-dealkylation sites (tertiary alicyclic amines) is 1. The summed E-state index contributed by atoms with van der Waals surface area (Å²) in [6.07, 6.45) is 2.57. The SMILES string of the molecule is CCNC1CCCN(Cc2cc(C)on2)C1. The monoisotopic (exact) mass is 223 g/mol. The Morgan fingerprint density at radius 1 is 1.62 bits per heavy atom. The van der Waals surface area contributed by atoms with Gasteiger partial charge in [0.15, 0.2) is 0 Å². The second kappa shape index (κ2) is 5.46. The molecule has 1 saturated heterocycles. The molecule has 0 aliphatic carbocycles. The number of hydrogen-bond donors (Lipinski definition) is 1. The summed E-state index contributed by atoms with van der Waals surface area (Å²) in [6, 6.07) is 2.67. The Bertz CT molecular complexity index is 322. The fourth-order valence-corrected chi connectivity index (χ4v) is 2.38. The van der Waals surface area contributed by atoms with Gasteiger partial charge in [-0.15, -0.1) is 0 Å². The molecule has 0 saturated carbocycles. The van der Waals surface area contributed by atoms with E-state index in [2.05, 4.69) is 22.3 Å². The average Bonchev–Trinajstić information content (AvgIpc) is 2.65. The molecule has 1 atom stereocenters. The summed E-state index contributed by atoms with van der Waals surface area (Å²) in [5.74, 6) is 0.898. The number of aromatic nitrogens is 1. The summed E-state index contributed by atoms with van der Waals surface area (Å²) >= 11 is 0. The third-order valence-electron chi connectivity index (χ3n) is 3.06. The van der Waals surface area contributed by atoms with Crippen molar-refractivity contribution in [3.8, 4) is 0 Å². The highest BCUT2D eigenvalue weighted by atomic mass is 16.5. The van der Waals surface area contributed by atoms with Crippen LogP contribution in [0.15, 0.2) is 10.6 Å². The predicted molar refractivity (Wildman–Crippen MR) is 63.2 cm³/mol. The molecule has 0 aromatic carbocycles. The van der Waals surface area contributed by atoms with Crippen LogP contribution in [-0.2, 0) is 6.54 Å².